The molecule has 2 aromatic heterocycles. The lowest BCUT2D eigenvalue weighted by atomic mass is 10.4. The Morgan fingerprint density at radius 1 is 1.50 bits per heavy atom. The van der Waals surface area contributed by atoms with Gasteiger partial charge in [0.25, 0.3) is 5.56 Å². The third-order valence-corrected chi connectivity index (χ3v) is 2.54. The zero-order valence-corrected chi connectivity index (χ0v) is 8.86. The molecule has 0 radical (unpaired) electrons. The minimum absolute atomic E-state index is 0.0562. The van der Waals surface area contributed by atoms with Crippen LogP contribution in [0.2, 0.25) is 0 Å². The summed E-state index contributed by atoms with van der Waals surface area (Å²) in [7, 11) is 0. The number of rotatable bonds is 1. The Labute approximate surface area is 85.6 Å². The van der Waals surface area contributed by atoms with Crippen molar-refractivity contribution in [1.82, 2.24) is 14.5 Å². The average molecular weight is 209 g/mol. The second-order valence-electron chi connectivity index (χ2n) is 3.22. The highest BCUT2D eigenvalue weighted by Gasteiger charge is 2.05. The highest BCUT2D eigenvalue weighted by Crippen LogP contribution is 2.07. The number of fused-ring (bicyclic) bond motifs is 1. The van der Waals surface area contributed by atoms with Crippen molar-refractivity contribution in [3.63, 3.8) is 0 Å². The Balaban J connectivity index is 3.00. The van der Waals surface area contributed by atoms with Gasteiger partial charge in [-0.1, -0.05) is 0 Å². The molecule has 0 fully saturated rings. The van der Waals surface area contributed by atoms with Crippen molar-refractivity contribution in [2.45, 2.75) is 20.4 Å². The molecule has 0 bridgehead atoms. The third kappa shape index (κ3) is 1.21. The van der Waals surface area contributed by atoms with E-state index in [1.807, 2.05) is 19.9 Å². The molecule has 0 atom stereocenters. The molecule has 2 aromatic rings. The van der Waals surface area contributed by atoms with Gasteiger partial charge in [0.05, 0.1) is 5.52 Å². The first-order chi connectivity index (χ1) is 6.63. The molecule has 4 nitrogen and oxygen atoms in total. The van der Waals surface area contributed by atoms with Crippen LogP contribution in [0.3, 0.4) is 0 Å². The Morgan fingerprint density at radius 2 is 2.21 bits per heavy atom. The molecular weight excluding hydrogens is 198 g/mol. The summed E-state index contributed by atoms with van der Waals surface area (Å²) in [6.45, 7) is 4.39. The molecule has 74 valence electrons. The fourth-order valence-electron chi connectivity index (χ4n) is 1.55. The summed E-state index contributed by atoms with van der Waals surface area (Å²) in [5.41, 5.74) is 2.27. The van der Waals surface area contributed by atoms with Gasteiger partial charge in [-0.2, -0.15) is 0 Å². The van der Waals surface area contributed by atoms with Crippen LogP contribution >= 0.6 is 12.2 Å². The molecule has 0 aromatic carbocycles. The van der Waals surface area contributed by atoms with E-state index in [1.165, 1.54) is 4.57 Å². The Morgan fingerprint density at radius 3 is 2.86 bits per heavy atom. The van der Waals surface area contributed by atoms with Crippen LogP contribution in [0.4, 0.5) is 0 Å². The zero-order valence-electron chi connectivity index (χ0n) is 8.05. The SMILES string of the molecule is CCn1c(=S)[nH]c2cc(C)[nH]c2c1=O. The topological polar surface area (TPSA) is 53.6 Å². The van der Waals surface area contributed by atoms with E-state index in [2.05, 4.69) is 9.97 Å². The minimum Gasteiger partial charge on any atom is -0.353 e. The molecule has 0 amide bonds. The van der Waals surface area contributed by atoms with Gasteiger partial charge in [-0.05, 0) is 32.1 Å². The maximum absolute atomic E-state index is 11.8. The van der Waals surface area contributed by atoms with E-state index >= 15 is 0 Å². The van der Waals surface area contributed by atoms with Crippen LogP contribution < -0.4 is 5.56 Å². The van der Waals surface area contributed by atoms with Gasteiger partial charge >= 0.3 is 0 Å². The summed E-state index contributed by atoms with van der Waals surface area (Å²) in [6.07, 6.45) is 0. The molecule has 0 saturated carbocycles. The maximum Gasteiger partial charge on any atom is 0.278 e. The van der Waals surface area contributed by atoms with Crippen molar-refractivity contribution in [2.24, 2.45) is 0 Å². The van der Waals surface area contributed by atoms with Gasteiger partial charge < -0.3 is 9.97 Å². The molecule has 2 N–H and O–H groups in total. The lowest BCUT2D eigenvalue weighted by molar-refractivity contribution is 0.703. The van der Waals surface area contributed by atoms with E-state index in [-0.39, 0.29) is 5.56 Å². The second kappa shape index (κ2) is 3.09. The summed E-state index contributed by atoms with van der Waals surface area (Å²) in [5, 5.41) is 0. The number of aromatic nitrogens is 3. The van der Waals surface area contributed by atoms with E-state index < -0.39 is 0 Å². The van der Waals surface area contributed by atoms with Crippen molar-refractivity contribution in [1.29, 1.82) is 0 Å². The van der Waals surface area contributed by atoms with Gasteiger partial charge in [0.1, 0.15) is 5.52 Å². The Kier molecular flexibility index (Phi) is 2.03. The maximum atomic E-state index is 11.8. The van der Waals surface area contributed by atoms with E-state index in [0.717, 1.165) is 11.2 Å². The number of nitrogens with zero attached hydrogens (tertiary/aromatic N) is 1. The van der Waals surface area contributed by atoms with Crippen LogP contribution in [-0.2, 0) is 6.54 Å². The molecular formula is C9H11N3OS. The zero-order chi connectivity index (χ0) is 10.3. The molecule has 0 aliphatic carbocycles. The first kappa shape index (κ1) is 9.21. The lowest BCUT2D eigenvalue weighted by Gasteiger charge is -2.01. The molecule has 0 unspecified atom stereocenters. The van der Waals surface area contributed by atoms with E-state index in [1.54, 1.807) is 0 Å². The minimum atomic E-state index is -0.0562. The first-order valence-electron chi connectivity index (χ1n) is 4.46. The van der Waals surface area contributed by atoms with Crippen LogP contribution in [0.15, 0.2) is 10.9 Å². The third-order valence-electron chi connectivity index (χ3n) is 2.21. The Bertz CT molecular complexity index is 590. The van der Waals surface area contributed by atoms with Crippen LogP contribution in [0.25, 0.3) is 11.0 Å². The molecule has 0 aliphatic rings. The van der Waals surface area contributed by atoms with E-state index in [4.69, 9.17) is 12.2 Å². The molecule has 14 heavy (non-hydrogen) atoms. The molecule has 0 saturated heterocycles. The smallest absolute Gasteiger partial charge is 0.278 e. The van der Waals surface area contributed by atoms with Gasteiger partial charge in [0.2, 0.25) is 0 Å². The second-order valence-corrected chi connectivity index (χ2v) is 3.61. The summed E-state index contributed by atoms with van der Waals surface area (Å²) in [6, 6.07) is 1.88. The largest absolute Gasteiger partial charge is 0.353 e. The summed E-state index contributed by atoms with van der Waals surface area (Å²) in [4.78, 5) is 17.9. The molecule has 0 aliphatic heterocycles. The van der Waals surface area contributed by atoms with E-state index in [0.29, 0.717) is 16.8 Å². The molecule has 0 spiro atoms. The van der Waals surface area contributed by atoms with E-state index in [9.17, 15) is 4.79 Å². The lowest BCUT2D eigenvalue weighted by Crippen LogP contribution is -2.21. The van der Waals surface area contributed by atoms with Gasteiger partial charge in [-0.3, -0.25) is 9.36 Å². The molecule has 2 heterocycles. The van der Waals surface area contributed by atoms with Crippen LogP contribution in [0, 0.1) is 11.7 Å². The van der Waals surface area contributed by atoms with Crippen LogP contribution in [0.5, 0.6) is 0 Å². The fraction of sp³-hybridized carbons (Fsp3) is 0.333. The van der Waals surface area contributed by atoms with Gasteiger partial charge in [0, 0.05) is 12.2 Å². The summed E-state index contributed by atoms with van der Waals surface area (Å²) < 4.78 is 2.01. The fourth-order valence-corrected chi connectivity index (χ4v) is 1.88. The first-order valence-corrected chi connectivity index (χ1v) is 4.86. The van der Waals surface area contributed by atoms with Gasteiger partial charge in [-0.25, -0.2) is 0 Å². The van der Waals surface area contributed by atoms with Crippen molar-refractivity contribution in [3.05, 3.63) is 26.9 Å². The average Bonchev–Trinajstić information content (AvgIpc) is 2.47. The predicted molar refractivity (Wildman–Crippen MR) is 58.2 cm³/mol. The quantitative estimate of drug-likeness (QED) is 0.702. The van der Waals surface area contributed by atoms with Crippen molar-refractivity contribution < 1.29 is 0 Å². The summed E-state index contributed by atoms with van der Waals surface area (Å²) >= 11 is 5.07. The number of hydrogen-bond acceptors (Lipinski definition) is 2. The normalized spacial score (nSPS) is 11.0. The highest BCUT2D eigenvalue weighted by atomic mass is 32.1. The number of aromatic amines is 2. The van der Waals surface area contributed by atoms with Crippen LogP contribution in [-0.4, -0.2) is 14.5 Å². The summed E-state index contributed by atoms with van der Waals surface area (Å²) in [5.74, 6) is 0. The monoisotopic (exact) mass is 209 g/mol. The van der Waals surface area contributed by atoms with Crippen molar-refractivity contribution >= 4 is 23.3 Å². The number of nitrogens with one attached hydrogen (secondary N) is 2. The molecule has 2 rings (SSSR count). The molecule has 5 heteroatoms. The van der Waals surface area contributed by atoms with Gasteiger partial charge in [-0.15, -0.1) is 0 Å². The van der Waals surface area contributed by atoms with Crippen LogP contribution in [0.1, 0.15) is 12.6 Å². The standard InChI is InChI=1S/C9H11N3OS/c1-3-12-8(13)7-6(11-9(12)14)4-5(2)10-7/h4,10H,3H2,1-2H3,(H,11,14). The highest BCUT2D eigenvalue weighted by molar-refractivity contribution is 7.71. The van der Waals surface area contributed by atoms with Gasteiger partial charge in [0.15, 0.2) is 4.77 Å². The van der Waals surface area contributed by atoms with Crippen molar-refractivity contribution in [2.75, 3.05) is 0 Å². The van der Waals surface area contributed by atoms with Crippen molar-refractivity contribution in [3.8, 4) is 0 Å². The Hall–Kier alpha value is -1.36. The number of hydrogen-bond donors (Lipinski definition) is 2. The number of aryl methyl sites for hydroxylation is 1. The predicted octanol–water partition coefficient (Wildman–Crippen LogP) is 1.72. The number of H-pyrrole nitrogens is 2.